The maximum absolute atomic E-state index is 8.40. The molecule has 125 valence electrons. The summed E-state index contributed by atoms with van der Waals surface area (Å²) in [6.07, 6.45) is 3.12. The molecule has 2 N–H and O–H groups in total. The molecule has 3 nitrogen and oxygen atoms in total. The van der Waals surface area contributed by atoms with E-state index in [1.54, 1.807) is 0 Å². The molecule has 0 spiro atoms. The van der Waals surface area contributed by atoms with Gasteiger partial charge in [0.25, 0.3) is 0 Å². The van der Waals surface area contributed by atoms with E-state index in [2.05, 4.69) is 23.2 Å². The molecule has 3 rings (SSSR count). The molecular weight excluding hydrogens is 478 g/mol. The second kappa shape index (κ2) is 9.76. The van der Waals surface area contributed by atoms with Gasteiger partial charge in [0.1, 0.15) is 0 Å². The van der Waals surface area contributed by atoms with E-state index in [1.165, 1.54) is 30.7 Å². The molecule has 1 radical (unpaired) electrons. The minimum atomic E-state index is 0. The number of aromatic nitrogens is 1. The van der Waals surface area contributed by atoms with Gasteiger partial charge in [0.2, 0.25) is 0 Å². The summed E-state index contributed by atoms with van der Waals surface area (Å²) >= 11 is 0. The van der Waals surface area contributed by atoms with Crippen molar-refractivity contribution in [1.82, 2.24) is 4.98 Å². The van der Waals surface area contributed by atoms with E-state index in [1.807, 2.05) is 48.7 Å². The van der Waals surface area contributed by atoms with Crippen LogP contribution in [0.5, 0.6) is 0 Å². The fourth-order valence-corrected chi connectivity index (χ4v) is 2.18. The van der Waals surface area contributed by atoms with Crippen LogP contribution in [0.4, 0.5) is 0 Å². The maximum atomic E-state index is 8.40. The van der Waals surface area contributed by atoms with E-state index >= 15 is 0 Å². The van der Waals surface area contributed by atoms with Gasteiger partial charge in [-0.1, -0.05) is 24.3 Å². The van der Waals surface area contributed by atoms with Gasteiger partial charge in [-0.05, 0) is 29.5 Å². The maximum Gasteiger partial charge on any atom is 0.316 e. The van der Waals surface area contributed by atoms with Crippen molar-refractivity contribution in [3.8, 4) is 11.3 Å². The van der Waals surface area contributed by atoms with Crippen molar-refractivity contribution in [2.75, 3.05) is 0 Å². The SMILES string of the molecule is CC(=[OH+])/C=C(/C)O.[Ir].[c-]1ccccc1-c1nccc2ccccc12. The minimum absolute atomic E-state index is 0. The fourth-order valence-electron chi connectivity index (χ4n) is 2.18. The van der Waals surface area contributed by atoms with Crippen molar-refractivity contribution in [1.29, 1.82) is 0 Å². The van der Waals surface area contributed by atoms with Gasteiger partial charge in [0.05, 0.1) is 18.8 Å². The number of carbonyl (C=O) groups excluding carboxylic acids is 1. The number of fused-ring (bicyclic) bond motifs is 1. The van der Waals surface area contributed by atoms with Crippen LogP contribution in [0.1, 0.15) is 13.8 Å². The molecule has 0 unspecified atom stereocenters. The van der Waals surface area contributed by atoms with Crippen LogP contribution in [-0.2, 0) is 20.1 Å². The van der Waals surface area contributed by atoms with Gasteiger partial charge in [-0.3, -0.25) is 4.79 Å². The van der Waals surface area contributed by atoms with Gasteiger partial charge in [0, 0.05) is 26.3 Å². The van der Waals surface area contributed by atoms with Crippen LogP contribution in [0.2, 0.25) is 0 Å². The van der Waals surface area contributed by atoms with Crippen molar-refractivity contribution in [2.24, 2.45) is 0 Å². The van der Waals surface area contributed by atoms with E-state index in [0.717, 1.165) is 11.3 Å². The van der Waals surface area contributed by atoms with Crippen LogP contribution in [0.15, 0.2) is 72.6 Å². The third-order valence-corrected chi connectivity index (χ3v) is 3.06. The Kier molecular flexibility index (Phi) is 8.03. The first-order valence-corrected chi connectivity index (χ1v) is 7.28. The number of pyridine rings is 1. The number of ketones is 1. The molecule has 0 fully saturated rings. The van der Waals surface area contributed by atoms with Crippen LogP contribution in [-0.4, -0.2) is 20.7 Å². The second-order valence-corrected chi connectivity index (χ2v) is 5.08. The quantitative estimate of drug-likeness (QED) is 0.241. The molecule has 0 bridgehead atoms. The summed E-state index contributed by atoms with van der Waals surface area (Å²) in [5.74, 6) is 0.250. The van der Waals surface area contributed by atoms with E-state index in [-0.39, 0.29) is 31.6 Å². The summed E-state index contributed by atoms with van der Waals surface area (Å²) in [5.41, 5.74) is 2.04. The Balaban J connectivity index is 0.000000312. The molecule has 0 aliphatic heterocycles. The zero-order chi connectivity index (χ0) is 16.7. The van der Waals surface area contributed by atoms with Gasteiger partial charge >= 0.3 is 5.78 Å². The Labute approximate surface area is 155 Å². The molecule has 3 aromatic rings. The summed E-state index contributed by atoms with van der Waals surface area (Å²) in [6.45, 7) is 3.00. The Morgan fingerprint density at radius 3 is 2.38 bits per heavy atom. The van der Waals surface area contributed by atoms with Crippen molar-refractivity contribution < 1.29 is 30.0 Å². The van der Waals surface area contributed by atoms with Crippen LogP contribution in [0, 0.1) is 6.07 Å². The average Bonchev–Trinajstić information content (AvgIpc) is 2.54. The molecule has 0 saturated heterocycles. The number of hydrogen-bond acceptors (Lipinski definition) is 2. The van der Waals surface area contributed by atoms with E-state index < -0.39 is 0 Å². The van der Waals surface area contributed by atoms with E-state index in [9.17, 15) is 0 Å². The predicted octanol–water partition coefficient (Wildman–Crippen LogP) is 4.71. The number of aliphatic hydroxyl groups excluding tert-OH is 1. The number of aliphatic hydroxyl groups is 1. The fraction of sp³-hybridized carbons (Fsp3) is 0.100. The third-order valence-electron chi connectivity index (χ3n) is 3.06. The molecule has 1 aromatic heterocycles. The van der Waals surface area contributed by atoms with Gasteiger partial charge in [-0.15, -0.1) is 35.9 Å². The van der Waals surface area contributed by atoms with Gasteiger partial charge in [0.15, 0.2) is 0 Å². The molecule has 0 amide bonds. The molecule has 0 saturated carbocycles. The molecule has 1 heterocycles. The molecule has 0 atom stereocenters. The Morgan fingerprint density at radius 1 is 1.08 bits per heavy atom. The van der Waals surface area contributed by atoms with Crippen LogP contribution >= 0.6 is 0 Å². The zero-order valence-electron chi connectivity index (χ0n) is 13.5. The summed E-state index contributed by atoms with van der Waals surface area (Å²) in [5, 5.41) is 10.8. The smallest absolute Gasteiger partial charge is 0.316 e. The Hall–Kier alpha value is -2.29. The number of hydrogen-bond donors (Lipinski definition) is 1. The second-order valence-electron chi connectivity index (χ2n) is 5.08. The van der Waals surface area contributed by atoms with E-state index in [0.29, 0.717) is 0 Å². The molecular formula is C20H19IrNO2. The monoisotopic (exact) mass is 498 g/mol. The first-order chi connectivity index (χ1) is 11.1. The first-order valence-electron chi connectivity index (χ1n) is 7.28. The van der Waals surface area contributed by atoms with Crippen molar-refractivity contribution in [3.63, 3.8) is 0 Å². The standard InChI is InChI=1S/C15H10N.C5H8O2.Ir/c1-2-7-13(8-3-1)15-14-9-5-4-6-12(14)10-11-16-15;1-4(6)3-5(2)7;/h1-7,9-11H;3,6H,1-2H3;/q-1;;/p+1/b;4-3-;. The van der Waals surface area contributed by atoms with E-state index in [4.69, 9.17) is 9.90 Å². The number of nitrogens with zero attached hydrogens (tertiary/aromatic N) is 1. The molecule has 24 heavy (non-hydrogen) atoms. The summed E-state index contributed by atoms with van der Waals surface area (Å²) in [4.78, 5) is 12.8. The number of rotatable bonds is 2. The zero-order valence-corrected chi connectivity index (χ0v) is 15.9. The number of allylic oxidation sites excluding steroid dienone is 2. The minimum Gasteiger partial charge on any atom is -0.512 e. The summed E-state index contributed by atoms with van der Waals surface area (Å²) in [6, 6.07) is 21.4. The van der Waals surface area contributed by atoms with Gasteiger partial charge in [-0.25, -0.2) is 0 Å². The molecule has 4 heteroatoms. The van der Waals surface area contributed by atoms with Crippen LogP contribution < -0.4 is 0 Å². The van der Waals surface area contributed by atoms with Crippen molar-refractivity contribution >= 4 is 16.6 Å². The largest absolute Gasteiger partial charge is 0.512 e. The first kappa shape index (κ1) is 19.8. The van der Waals surface area contributed by atoms with Crippen molar-refractivity contribution in [2.45, 2.75) is 13.8 Å². The van der Waals surface area contributed by atoms with Crippen molar-refractivity contribution in [3.05, 3.63) is 78.7 Å². The third kappa shape index (κ3) is 5.73. The summed E-state index contributed by atoms with van der Waals surface area (Å²) < 4.78 is 0. The normalized spacial score (nSPS) is 10.3. The Bertz CT molecular complexity index is 820. The molecule has 0 aliphatic rings. The van der Waals surface area contributed by atoms with Crippen LogP contribution in [0.3, 0.4) is 0 Å². The molecule has 2 aromatic carbocycles. The van der Waals surface area contributed by atoms with Crippen LogP contribution in [0.25, 0.3) is 22.0 Å². The summed E-state index contributed by atoms with van der Waals surface area (Å²) in [7, 11) is 0. The average molecular weight is 498 g/mol. The van der Waals surface area contributed by atoms with Gasteiger partial charge < -0.3 is 10.1 Å². The number of benzene rings is 2. The Morgan fingerprint density at radius 2 is 1.79 bits per heavy atom. The molecule has 0 aliphatic carbocycles. The van der Waals surface area contributed by atoms with Gasteiger partial charge in [-0.2, -0.15) is 0 Å². The predicted molar refractivity (Wildman–Crippen MR) is 95.0 cm³/mol. The topological polar surface area (TPSA) is 54.5 Å².